The smallest absolute Gasteiger partial charge is 0.232 e. The minimum Gasteiger partial charge on any atom is -0.469 e. The number of hydrogen-bond acceptors (Lipinski definition) is 6. The van der Waals surface area contributed by atoms with Crippen LogP contribution in [0.1, 0.15) is 25.0 Å². The molecule has 0 amide bonds. The molecule has 2 N–H and O–H groups in total. The zero-order valence-corrected chi connectivity index (χ0v) is 17.1. The molecule has 0 radical (unpaired) electrons. The van der Waals surface area contributed by atoms with Crippen LogP contribution in [0.15, 0.2) is 60.9 Å². The molecule has 1 fully saturated rings. The van der Waals surface area contributed by atoms with Crippen LogP contribution in [0.4, 0.5) is 10.2 Å². The largest absolute Gasteiger partial charge is 0.469 e. The van der Waals surface area contributed by atoms with Gasteiger partial charge in [-0.3, -0.25) is 0 Å². The Hall–Kier alpha value is -3.52. The SMILES string of the molecule is C[C@@H](Oc1ccc2ncc(-c3ccc(N4CC[C@H](N)C4)nc3)n2n1)c1cccc(F)c1. The van der Waals surface area contributed by atoms with Crippen molar-refractivity contribution in [2.75, 3.05) is 18.0 Å². The van der Waals surface area contributed by atoms with E-state index < -0.39 is 0 Å². The first-order chi connectivity index (χ1) is 15.1. The topological polar surface area (TPSA) is 81.6 Å². The van der Waals surface area contributed by atoms with Gasteiger partial charge in [0.25, 0.3) is 0 Å². The highest BCUT2D eigenvalue weighted by atomic mass is 19.1. The van der Waals surface area contributed by atoms with E-state index in [1.54, 1.807) is 22.8 Å². The first-order valence-corrected chi connectivity index (χ1v) is 10.3. The lowest BCUT2D eigenvalue weighted by Gasteiger charge is -2.17. The predicted octanol–water partition coefficient (Wildman–Crippen LogP) is 3.61. The van der Waals surface area contributed by atoms with Gasteiger partial charge in [0.1, 0.15) is 17.7 Å². The van der Waals surface area contributed by atoms with E-state index in [1.165, 1.54) is 12.1 Å². The van der Waals surface area contributed by atoms with Crippen molar-refractivity contribution in [1.82, 2.24) is 19.6 Å². The molecule has 3 aromatic heterocycles. The normalized spacial score (nSPS) is 17.3. The Balaban J connectivity index is 1.40. The molecule has 0 aliphatic carbocycles. The predicted molar refractivity (Wildman–Crippen MR) is 116 cm³/mol. The molecule has 5 rings (SSSR count). The van der Waals surface area contributed by atoms with Gasteiger partial charge in [-0.05, 0) is 49.2 Å². The van der Waals surface area contributed by atoms with Crippen LogP contribution in [-0.4, -0.2) is 38.7 Å². The third-order valence-corrected chi connectivity index (χ3v) is 5.55. The van der Waals surface area contributed by atoms with E-state index in [9.17, 15) is 4.39 Å². The summed E-state index contributed by atoms with van der Waals surface area (Å²) in [6, 6.07) is 14.2. The fourth-order valence-electron chi connectivity index (χ4n) is 3.84. The number of nitrogens with two attached hydrogens (primary N) is 1. The Labute approximate surface area is 179 Å². The van der Waals surface area contributed by atoms with Gasteiger partial charge in [0.05, 0.1) is 11.9 Å². The second-order valence-corrected chi connectivity index (χ2v) is 7.80. The van der Waals surface area contributed by atoms with Gasteiger partial charge < -0.3 is 15.4 Å². The highest BCUT2D eigenvalue weighted by Gasteiger charge is 2.20. The summed E-state index contributed by atoms with van der Waals surface area (Å²) in [6.45, 7) is 3.62. The van der Waals surface area contributed by atoms with Gasteiger partial charge in [0.15, 0.2) is 5.65 Å². The van der Waals surface area contributed by atoms with Crippen molar-refractivity contribution in [3.8, 4) is 17.1 Å². The molecule has 0 unspecified atom stereocenters. The summed E-state index contributed by atoms with van der Waals surface area (Å²) in [5.41, 5.74) is 9.17. The Kier molecular flexibility index (Phi) is 4.99. The van der Waals surface area contributed by atoms with Crippen molar-refractivity contribution in [3.63, 3.8) is 0 Å². The van der Waals surface area contributed by atoms with Gasteiger partial charge in [-0.1, -0.05) is 12.1 Å². The summed E-state index contributed by atoms with van der Waals surface area (Å²) in [6.07, 6.45) is 4.23. The van der Waals surface area contributed by atoms with Crippen LogP contribution in [0.25, 0.3) is 16.9 Å². The van der Waals surface area contributed by atoms with E-state index in [2.05, 4.69) is 20.0 Å². The van der Waals surface area contributed by atoms with Crippen LogP contribution >= 0.6 is 0 Å². The molecule has 2 atom stereocenters. The van der Waals surface area contributed by atoms with Crippen LogP contribution < -0.4 is 15.4 Å². The zero-order valence-electron chi connectivity index (χ0n) is 17.1. The molecule has 1 aliphatic heterocycles. The maximum atomic E-state index is 13.5. The Morgan fingerprint density at radius 1 is 1.13 bits per heavy atom. The summed E-state index contributed by atoms with van der Waals surface area (Å²) in [4.78, 5) is 11.2. The standard InChI is InChI=1S/C23H23FN6O/c1-15(16-3-2-4-18(24)11-16)31-23-8-7-22-27-13-20(30(22)28-23)17-5-6-21(26-12-17)29-10-9-19(25)14-29/h2-8,11-13,15,19H,9-10,14,25H2,1H3/t15-,19+/m1/s1. The van der Waals surface area contributed by atoms with Gasteiger partial charge >= 0.3 is 0 Å². The summed E-state index contributed by atoms with van der Waals surface area (Å²) >= 11 is 0. The van der Waals surface area contributed by atoms with E-state index in [1.807, 2.05) is 37.4 Å². The average molecular weight is 418 g/mol. The number of anilines is 1. The number of benzene rings is 1. The molecule has 31 heavy (non-hydrogen) atoms. The molecular weight excluding hydrogens is 395 g/mol. The number of fused-ring (bicyclic) bond motifs is 1. The summed E-state index contributed by atoms with van der Waals surface area (Å²) in [7, 11) is 0. The maximum Gasteiger partial charge on any atom is 0.232 e. The number of rotatable bonds is 5. The number of pyridine rings is 1. The van der Waals surface area contributed by atoms with Crippen LogP contribution in [0, 0.1) is 5.82 Å². The van der Waals surface area contributed by atoms with Gasteiger partial charge in [0, 0.05) is 37.0 Å². The number of nitrogens with zero attached hydrogens (tertiary/aromatic N) is 5. The lowest BCUT2D eigenvalue weighted by molar-refractivity contribution is 0.214. The van der Waals surface area contributed by atoms with Crippen molar-refractivity contribution < 1.29 is 9.13 Å². The first kappa shape index (κ1) is 19.4. The van der Waals surface area contributed by atoms with Crippen molar-refractivity contribution >= 4 is 11.5 Å². The number of imidazole rings is 1. The fourth-order valence-corrected chi connectivity index (χ4v) is 3.84. The van der Waals surface area contributed by atoms with Gasteiger partial charge in [-0.2, -0.15) is 0 Å². The molecule has 1 saturated heterocycles. The van der Waals surface area contributed by atoms with Crippen LogP contribution in [0.5, 0.6) is 5.88 Å². The second-order valence-electron chi connectivity index (χ2n) is 7.80. The van der Waals surface area contributed by atoms with Crippen LogP contribution in [-0.2, 0) is 0 Å². The van der Waals surface area contributed by atoms with E-state index in [0.717, 1.165) is 42.1 Å². The minimum absolute atomic E-state index is 0.206. The minimum atomic E-state index is -0.347. The van der Waals surface area contributed by atoms with E-state index >= 15 is 0 Å². The zero-order chi connectivity index (χ0) is 21.4. The van der Waals surface area contributed by atoms with Crippen LogP contribution in [0.3, 0.4) is 0 Å². The Morgan fingerprint density at radius 3 is 2.77 bits per heavy atom. The molecule has 1 aromatic carbocycles. The number of halogens is 1. The quantitative estimate of drug-likeness (QED) is 0.533. The molecular formula is C23H23FN6O. The highest BCUT2D eigenvalue weighted by Crippen LogP contribution is 2.25. The van der Waals surface area contributed by atoms with Gasteiger partial charge in [0.2, 0.25) is 5.88 Å². The van der Waals surface area contributed by atoms with Crippen molar-refractivity contribution in [3.05, 3.63) is 72.3 Å². The Morgan fingerprint density at radius 2 is 2.03 bits per heavy atom. The average Bonchev–Trinajstić information content (AvgIpc) is 3.40. The summed E-state index contributed by atoms with van der Waals surface area (Å²) in [5.74, 6) is 1.06. The third kappa shape index (κ3) is 3.94. The van der Waals surface area contributed by atoms with E-state index in [4.69, 9.17) is 10.5 Å². The molecule has 158 valence electrons. The van der Waals surface area contributed by atoms with E-state index in [-0.39, 0.29) is 18.0 Å². The molecule has 0 bridgehead atoms. The highest BCUT2D eigenvalue weighted by molar-refractivity contribution is 5.63. The third-order valence-electron chi connectivity index (χ3n) is 5.55. The summed E-state index contributed by atoms with van der Waals surface area (Å²) in [5, 5.41) is 4.59. The fraction of sp³-hybridized carbons (Fsp3) is 0.261. The van der Waals surface area contributed by atoms with Crippen molar-refractivity contribution in [2.24, 2.45) is 5.73 Å². The molecule has 0 spiro atoms. The maximum absolute atomic E-state index is 13.5. The lowest BCUT2D eigenvalue weighted by atomic mass is 10.1. The van der Waals surface area contributed by atoms with E-state index in [0.29, 0.717) is 11.5 Å². The molecule has 1 aliphatic rings. The van der Waals surface area contributed by atoms with Gasteiger partial charge in [-0.25, -0.2) is 18.9 Å². The summed E-state index contributed by atoms with van der Waals surface area (Å²) < 4.78 is 21.2. The molecule has 0 saturated carbocycles. The Bertz CT molecular complexity index is 1210. The second kappa shape index (κ2) is 7.96. The van der Waals surface area contributed by atoms with Crippen LogP contribution in [0.2, 0.25) is 0 Å². The van der Waals surface area contributed by atoms with Crippen molar-refractivity contribution in [2.45, 2.75) is 25.5 Å². The molecule has 7 nitrogen and oxygen atoms in total. The molecule has 4 heterocycles. The van der Waals surface area contributed by atoms with Gasteiger partial charge in [-0.15, -0.1) is 5.10 Å². The number of hydrogen-bond donors (Lipinski definition) is 1. The van der Waals surface area contributed by atoms with Crippen molar-refractivity contribution in [1.29, 1.82) is 0 Å². The number of aromatic nitrogens is 4. The monoisotopic (exact) mass is 418 g/mol. The first-order valence-electron chi connectivity index (χ1n) is 10.3. The number of ether oxygens (including phenoxy) is 1. The molecule has 8 heteroatoms. The molecule has 4 aromatic rings. The lowest BCUT2D eigenvalue weighted by Crippen LogP contribution is -2.26.